The summed E-state index contributed by atoms with van der Waals surface area (Å²) >= 11 is 0. The van der Waals surface area contributed by atoms with Crippen molar-refractivity contribution in [3.8, 4) is 146 Å². The Bertz CT molecular complexity index is 7950. The van der Waals surface area contributed by atoms with Gasteiger partial charge in [0.05, 0.1) is 10.8 Å². The standard InChI is InChI=1S/C122H82N6O/c1-119(2)101-54-20-24-58-105(101)122(106-59-25-21-55-102(106)119)99-53-19-16-49-96(99)111-89(72-88(74-109(111)122)83-41-31-44-87(71-83)115-124-113(79-37-11-6-12-38-79)123-114(125-115)80-65-63-78(64-66-80)91-50-32-51-94-93-47-17-28-62-110(93)129-112(91)94)75-120(3)103-56-22-26-60-107(103)121(108-61-27-23-57-104(108)120)98-52-18-15-46-92(98)97-73-84(67-68-100(97)121)90-45-13-14-48-95(90)118-127-116(85-42-29-39-81(69-85)76-33-7-4-8-34-76)126-117(128-118)86-43-30-40-82(70-86)77-35-9-5-10-36-77/h4-74H,75H2,1-3H3. The summed E-state index contributed by atoms with van der Waals surface area (Å²) in [5.41, 5.74) is 37.2. The van der Waals surface area contributed by atoms with E-state index in [1.165, 1.54) is 94.6 Å². The number of benzene rings is 18. The molecule has 0 aliphatic heterocycles. The molecule has 0 atom stereocenters. The van der Waals surface area contributed by atoms with Gasteiger partial charge in [-0.05, 0) is 187 Å². The van der Waals surface area contributed by atoms with Gasteiger partial charge in [0, 0.05) is 60.5 Å². The first-order chi connectivity index (χ1) is 63.5. The van der Waals surface area contributed by atoms with Crippen molar-refractivity contribution in [2.75, 3.05) is 0 Å². The summed E-state index contributed by atoms with van der Waals surface area (Å²) in [6, 6.07) is 158. The molecule has 0 saturated heterocycles. The first-order valence-corrected chi connectivity index (χ1v) is 44.6. The van der Waals surface area contributed by atoms with E-state index < -0.39 is 16.2 Å². The maximum Gasteiger partial charge on any atom is 0.164 e. The summed E-state index contributed by atoms with van der Waals surface area (Å²) in [6.45, 7) is 7.37. The molecule has 129 heavy (non-hydrogen) atoms. The van der Waals surface area contributed by atoms with Crippen molar-refractivity contribution in [3.05, 3.63) is 503 Å². The topological polar surface area (TPSA) is 90.5 Å². The van der Waals surface area contributed by atoms with Gasteiger partial charge in [-0.25, -0.2) is 29.9 Å². The van der Waals surface area contributed by atoms with Crippen LogP contribution in [-0.4, -0.2) is 29.9 Å². The molecule has 606 valence electrons. The van der Waals surface area contributed by atoms with Crippen molar-refractivity contribution >= 4 is 21.9 Å². The van der Waals surface area contributed by atoms with Crippen molar-refractivity contribution in [2.24, 2.45) is 0 Å². The Labute approximate surface area is 749 Å². The third kappa shape index (κ3) is 11.7. The first-order valence-electron chi connectivity index (χ1n) is 44.6. The van der Waals surface area contributed by atoms with E-state index in [-0.39, 0.29) is 5.41 Å². The van der Waals surface area contributed by atoms with Gasteiger partial charge < -0.3 is 4.42 Å². The van der Waals surface area contributed by atoms with Crippen LogP contribution < -0.4 is 0 Å². The van der Waals surface area contributed by atoms with Gasteiger partial charge in [-0.1, -0.05) is 415 Å². The van der Waals surface area contributed by atoms with Gasteiger partial charge in [0.1, 0.15) is 11.2 Å². The second-order valence-electron chi connectivity index (χ2n) is 35.6. The predicted octanol–water partition coefficient (Wildman–Crippen LogP) is 29.5. The molecule has 0 bridgehead atoms. The van der Waals surface area contributed by atoms with Gasteiger partial charge in [0.25, 0.3) is 0 Å². The molecule has 21 aromatic rings. The van der Waals surface area contributed by atoms with Crippen LogP contribution in [0, 0.1) is 0 Å². The lowest BCUT2D eigenvalue weighted by Gasteiger charge is -2.48. The second-order valence-corrected chi connectivity index (χ2v) is 35.6. The molecule has 4 aliphatic rings. The van der Waals surface area contributed by atoms with Crippen LogP contribution in [0.4, 0.5) is 0 Å². The summed E-state index contributed by atoms with van der Waals surface area (Å²) in [4.78, 5) is 32.5. The molecule has 0 saturated carbocycles. The average molecular weight is 1650 g/mol. The highest BCUT2D eigenvalue weighted by Gasteiger charge is 2.57. The highest BCUT2D eigenvalue weighted by molar-refractivity contribution is 6.10. The van der Waals surface area contributed by atoms with E-state index in [9.17, 15) is 0 Å². The minimum atomic E-state index is -0.718. The summed E-state index contributed by atoms with van der Waals surface area (Å²) in [6.07, 6.45) is 0.664. The summed E-state index contributed by atoms with van der Waals surface area (Å²) in [5, 5.41) is 2.19. The third-order valence-corrected chi connectivity index (χ3v) is 28.2. The van der Waals surface area contributed by atoms with Gasteiger partial charge in [-0.15, -0.1) is 0 Å². The van der Waals surface area contributed by atoms with Crippen LogP contribution in [0.1, 0.15) is 93.1 Å². The Morgan fingerprint density at radius 3 is 1.12 bits per heavy atom. The van der Waals surface area contributed by atoms with Gasteiger partial charge in [0.2, 0.25) is 0 Å². The van der Waals surface area contributed by atoms with E-state index in [0.717, 1.165) is 111 Å². The Morgan fingerprint density at radius 2 is 0.558 bits per heavy atom. The lowest BCUT2D eigenvalue weighted by Crippen LogP contribution is -2.43. The zero-order chi connectivity index (χ0) is 85.7. The summed E-state index contributed by atoms with van der Waals surface area (Å²) < 4.78 is 6.55. The lowest BCUT2D eigenvalue weighted by molar-refractivity contribution is 0.514. The Balaban J connectivity index is 0.647. The van der Waals surface area contributed by atoms with Crippen LogP contribution in [0.3, 0.4) is 0 Å². The molecule has 7 nitrogen and oxygen atoms in total. The highest BCUT2D eigenvalue weighted by Crippen LogP contribution is 2.67. The lowest BCUT2D eigenvalue weighted by atomic mass is 9.53. The fraction of sp³-hybridized carbons (Fsp3) is 0.0656. The Hall–Kier alpha value is -16.2. The molecule has 0 radical (unpaired) electrons. The van der Waals surface area contributed by atoms with E-state index >= 15 is 0 Å². The zero-order valence-electron chi connectivity index (χ0n) is 71.3. The normalized spacial score (nSPS) is 14.7. The zero-order valence-corrected chi connectivity index (χ0v) is 71.3. The molecule has 7 heteroatoms. The molecule has 0 amide bonds. The van der Waals surface area contributed by atoms with Crippen molar-refractivity contribution in [1.82, 2.24) is 29.9 Å². The number of para-hydroxylation sites is 2. The fourth-order valence-corrected chi connectivity index (χ4v) is 22.4. The van der Waals surface area contributed by atoms with Crippen LogP contribution >= 0.6 is 0 Å². The van der Waals surface area contributed by atoms with E-state index in [1.54, 1.807) is 0 Å². The molecule has 4 aliphatic carbocycles. The number of aromatic nitrogens is 6. The van der Waals surface area contributed by atoms with Crippen LogP contribution in [0.25, 0.3) is 168 Å². The number of hydrogen-bond donors (Lipinski definition) is 0. The van der Waals surface area contributed by atoms with E-state index in [1.807, 2.05) is 30.3 Å². The summed E-state index contributed by atoms with van der Waals surface area (Å²) in [7, 11) is 0. The first kappa shape index (κ1) is 75.3. The molecule has 0 N–H and O–H groups in total. The van der Waals surface area contributed by atoms with Gasteiger partial charge in [0.15, 0.2) is 34.9 Å². The fourth-order valence-electron chi connectivity index (χ4n) is 22.4. The van der Waals surface area contributed by atoms with Crippen molar-refractivity contribution in [3.63, 3.8) is 0 Å². The predicted molar refractivity (Wildman–Crippen MR) is 524 cm³/mol. The number of furan rings is 1. The number of fused-ring (bicyclic) bond motifs is 21. The number of nitrogens with zero attached hydrogens (tertiary/aromatic N) is 6. The van der Waals surface area contributed by atoms with Gasteiger partial charge in [-0.2, -0.15) is 0 Å². The van der Waals surface area contributed by atoms with E-state index in [0.29, 0.717) is 41.4 Å². The molecule has 25 rings (SSSR count). The third-order valence-electron chi connectivity index (χ3n) is 28.2. The van der Waals surface area contributed by atoms with Gasteiger partial charge in [-0.3, -0.25) is 0 Å². The molecule has 0 fully saturated rings. The van der Waals surface area contributed by atoms with Crippen molar-refractivity contribution in [1.29, 1.82) is 0 Å². The van der Waals surface area contributed by atoms with Crippen LogP contribution in [-0.2, 0) is 28.1 Å². The van der Waals surface area contributed by atoms with E-state index in [2.05, 4.69) is 421 Å². The van der Waals surface area contributed by atoms with E-state index in [4.69, 9.17) is 34.3 Å². The minimum Gasteiger partial charge on any atom is -0.455 e. The Morgan fingerprint density at radius 1 is 0.202 bits per heavy atom. The second kappa shape index (κ2) is 29.5. The molecule has 18 aromatic carbocycles. The van der Waals surface area contributed by atoms with Crippen molar-refractivity contribution < 1.29 is 4.42 Å². The quantitative estimate of drug-likeness (QED) is 0.114. The molecular formula is C122H82N6O. The van der Waals surface area contributed by atoms with Crippen LogP contribution in [0.2, 0.25) is 0 Å². The van der Waals surface area contributed by atoms with Gasteiger partial charge >= 0.3 is 0 Å². The highest BCUT2D eigenvalue weighted by atomic mass is 16.3. The maximum atomic E-state index is 6.55. The molecule has 2 spiro atoms. The SMILES string of the molecule is CC1(C)c2ccccc2C2(c3ccccc3-c3c(CC4(C)c5ccccc5C5(c6ccccc6-c6cc(-c7ccccc7-c7nc(-c8cccc(-c9ccccc9)c8)nc(-c8cccc(-c9ccccc9)c8)n7)ccc65)c5ccccc54)cc(-c4cccc(-c5nc(-c6ccccc6)nc(-c6ccc(-c7cccc8c7oc7ccccc78)cc6)n5)c4)cc32)c2ccccc21. The monoisotopic (exact) mass is 1650 g/mol. The smallest absolute Gasteiger partial charge is 0.164 e. The minimum absolute atomic E-state index is 0.305. The number of hydrogen-bond acceptors (Lipinski definition) is 7. The van der Waals surface area contributed by atoms with Crippen molar-refractivity contribution in [2.45, 2.75) is 48.9 Å². The molecule has 0 unspecified atom stereocenters. The maximum absolute atomic E-state index is 6.55. The van der Waals surface area contributed by atoms with Crippen LogP contribution in [0.15, 0.2) is 435 Å². The average Bonchev–Trinajstić information content (AvgIpc) is 1.55. The molecule has 3 heterocycles. The molecule has 3 aromatic heterocycles. The summed E-state index contributed by atoms with van der Waals surface area (Å²) in [5.74, 6) is 3.54. The molecular weight excluding hydrogens is 1570 g/mol. The van der Waals surface area contributed by atoms with Crippen LogP contribution in [0.5, 0.6) is 0 Å². The Kier molecular flexibility index (Phi) is 17.2. The number of rotatable bonds is 13. The largest absolute Gasteiger partial charge is 0.455 e.